The van der Waals surface area contributed by atoms with E-state index in [0.717, 1.165) is 6.26 Å². The highest BCUT2D eigenvalue weighted by atomic mass is 32.2. The lowest BCUT2D eigenvalue weighted by atomic mass is 10.3. The third-order valence-electron chi connectivity index (χ3n) is 1.32. The first-order valence-corrected chi connectivity index (χ1v) is 5.48. The molecule has 0 bridgehead atoms. The Labute approximate surface area is 86.5 Å². The smallest absolute Gasteiger partial charge is 0.306 e. The van der Waals surface area contributed by atoms with Gasteiger partial charge in [-0.05, 0) is 12.1 Å². The minimum Gasteiger partial charge on any atom is -0.379 e. The quantitative estimate of drug-likeness (QED) is 0.661. The molecule has 0 atom stereocenters. The molecular formula is C8H5N3O3S. The van der Waals surface area contributed by atoms with Crippen LogP contribution in [0, 0.1) is 22.7 Å². The van der Waals surface area contributed by atoms with E-state index in [1.807, 2.05) is 0 Å². The molecule has 1 rings (SSSR count). The minimum atomic E-state index is -3.70. The van der Waals surface area contributed by atoms with Gasteiger partial charge >= 0.3 is 10.1 Å². The monoisotopic (exact) mass is 223 g/mol. The largest absolute Gasteiger partial charge is 0.379 e. The predicted molar refractivity (Wildman–Crippen MR) is 49.1 cm³/mol. The van der Waals surface area contributed by atoms with Crippen molar-refractivity contribution in [1.29, 1.82) is 10.5 Å². The number of pyridine rings is 1. The lowest BCUT2D eigenvalue weighted by molar-refractivity contribution is 0.490. The van der Waals surface area contributed by atoms with Crippen molar-refractivity contribution in [1.82, 2.24) is 4.98 Å². The summed E-state index contributed by atoms with van der Waals surface area (Å²) in [4.78, 5) is 3.58. The first kappa shape index (κ1) is 11.0. The third-order valence-corrected chi connectivity index (χ3v) is 1.80. The topological polar surface area (TPSA) is 104 Å². The van der Waals surface area contributed by atoms with E-state index in [1.165, 1.54) is 12.1 Å². The molecule has 1 aromatic heterocycles. The van der Waals surface area contributed by atoms with Crippen LogP contribution in [0.1, 0.15) is 11.4 Å². The number of hydrogen-bond donors (Lipinski definition) is 0. The van der Waals surface area contributed by atoms with E-state index in [0.29, 0.717) is 0 Å². The van der Waals surface area contributed by atoms with Crippen LogP contribution in [0.4, 0.5) is 0 Å². The van der Waals surface area contributed by atoms with E-state index in [9.17, 15) is 8.42 Å². The van der Waals surface area contributed by atoms with Crippen LogP contribution in [-0.4, -0.2) is 19.7 Å². The molecule has 0 aliphatic rings. The van der Waals surface area contributed by atoms with E-state index < -0.39 is 10.1 Å². The van der Waals surface area contributed by atoms with E-state index in [1.54, 1.807) is 12.1 Å². The Morgan fingerprint density at radius 1 is 1.33 bits per heavy atom. The molecule has 0 aliphatic heterocycles. The van der Waals surface area contributed by atoms with Crippen molar-refractivity contribution >= 4 is 10.1 Å². The van der Waals surface area contributed by atoms with E-state index >= 15 is 0 Å². The average molecular weight is 223 g/mol. The molecule has 7 heteroatoms. The van der Waals surface area contributed by atoms with Gasteiger partial charge in [0, 0.05) is 0 Å². The lowest BCUT2D eigenvalue weighted by Gasteiger charge is -2.03. The van der Waals surface area contributed by atoms with Crippen molar-refractivity contribution in [3.8, 4) is 17.9 Å². The standard InChI is InChI=1S/C8H5N3O3S/c1-15(12,13)14-8-3-2-6(4-9)11-7(8)5-10/h2-3H,1H3. The van der Waals surface area contributed by atoms with E-state index in [4.69, 9.17) is 10.5 Å². The molecule has 0 saturated heterocycles. The van der Waals surface area contributed by atoms with E-state index in [-0.39, 0.29) is 17.1 Å². The summed E-state index contributed by atoms with van der Waals surface area (Å²) >= 11 is 0. The Hall–Kier alpha value is -2.12. The zero-order valence-corrected chi connectivity index (χ0v) is 8.45. The van der Waals surface area contributed by atoms with Gasteiger partial charge in [-0.2, -0.15) is 18.9 Å². The maximum atomic E-state index is 10.8. The van der Waals surface area contributed by atoms with Crippen molar-refractivity contribution in [3.05, 3.63) is 23.5 Å². The minimum absolute atomic E-state index is 0.0207. The molecule has 6 nitrogen and oxygen atoms in total. The van der Waals surface area contributed by atoms with Gasteiger partial charge in [-0.25, -0.2) is 4.98 Å². The van der Waals surface area contributed by atoms with Crippen molar-refractivity contribution in [2.75, 3.05) is 6.26 Å². The van der Waals surface area contributed by atoms with Crippen LogP contribution in [0.25, 0.3) is 0 Å². The van der Waals surface area contributed by atoms with Gasteiger partial charge in [0.2, 0.25) is 0 Å². The third kappa shape index (κ3) is 2.93. The number of aromatic nitrogens is 1. The van der Waals surface area contributed by atoms with Crippen LogP contribution in [0.5, 0.6) is 5.75 Å². The summed E-state index contributed by atoms with van der Waals surface area (Å²) in [6, 6.07) is 5.84. The summed E-state index contributed by atoms with van der Waals surface area (Å²) in [5, 5.41) is 17.1. The summed E-state index contributed by atoms with van der Waals surface area (Å²) in [5.41, 5.74) is -0.216. The maximum absolute atomic E-state index is 10.8. The van der Waals surface area contributed by atoms with Gasteiger partial charge in [-0.1, -0.05) is 0 Å². The number of rotatable bonds is 2. The highest BCUT2D eigenvalue weighted by Gasteiger charge is 2.11. The van der Waals surface area contributed by atoms with Crippen LogP contribution in [0.3, 0.4) is 0 Å². The van der Waals surface area contributed by atoms with Crippen LogP contribution < -0.4 is 4.18 Å². The van der Waals surface area contributed by atoms with E-state index in [2.05, 4.69) is 9.17 Å². The summed E-state index contributed by atoms with van der Waals surface area (Å²) in [6.45, 7) is 0. The molecule has 0 saturated carbocycles. The highest BCUT2D eigenvalue weighted by molar-refractivity contribution is 7.86. The summed E-state index contributed by atoms with van der Waals surface area (Å²) < 4.78 is 26.1. The van der Waals surface area contributed by atoms with Gasteiger partial charge in [-0.15, -0.1) is 0 Å². The lowest BCUT2D eigenvalue weighted by Crippen LogP contribution is -2.07. The Bertz CT molecular complexity index is 566. The number of nitrogens with zero attached hydrogens (tertiary/aromatic N) is 3. The fourth-order valence-corrected chi connectivity index (χ4v) is 1.28. The molecule has 76 valence electrons. The zero-order valence-electron chi connectivity index (χ0n) is 7.63. The molecule has 0 fully saturated rings. The molecule has 1 aromatic rings. The highest BCUT2D eigenvalue weighted by Crippen LogP contribution is 2.17. The fraction of sp³-hybridized carbons (Fsp3) is 0.125. The van der Waals surface area contributed by atoms with Crippen molar-refractivity contribution in [2.24, 2.45) is 0 Å². The van der Waals surface area contributed by atoms with Crippen molar-refractivity contribution in [3.63, 3.8) is 0 Å². The summed E-state index contributed by atoms with van der Waals surface area (Å²) in [7, 11) is -3.70. The molecule has 0 spiro atoms. The Morgan fingerprint density at radius 3 is 2.47 bits per heavy atom. The number of hydrogen-bond acceptors (Lipinski definition) is 6. The van der Waals surface area contributed by atoms with Gasteiger partial charge in [0.05, 0.1) is 6.26 Å². The van der Waals surface area contributed by atoms with Crippen LogP contribution in [-0.2, 0) is 10.1 Å². The zero-order chi connectivity index (χ0) is 11.5. The van der Waals surface area contributed by atoms with Crippen LogP contribution in [0.15, 0.2) is 12.1 Å². The molecule has 0 radical (unpaired) electrons. The first-order valence-electron chi connectivity index (χ1n) is 3.67. The SMILES string of the molecule is CS(=O)(=O)Oc1ccc(C#N)nc1C#N. The molecule has 0 unspecified atom stereocenters. The fourth-order valence-electron chi connectivity index (χ4n) is 0.819. The molecule has 0 aliphatic carbocycles. The second-order valence-corrected chi connectivity index (χ2v) is 4.13. The molecule has 0 amide bonds. The van der Waals surface area contributed by atoms with Gasteiger partial charge in [0.1, 0.15) is 17.8 Å². The predicted octanol–water partition coefficient (Wildman–Crippen LogP) is 0.163. The summed E-state index contributed by atoms with van der Waals surface area (Å²) in [6.07, 6.45) is 0.854. The normalized spacial score (nSPS) is 10.1. The Morgan fingerprint density at radius 2 is 2.00 bits per heavy atom. The van der Waals surface area contributed by atoms with Gasteiger partial charge < -0.3 is 4.18 Å². The average Bonchev–Trinajstić information content (AvgIpc) is 2.16. The van der Waals surface area contributed by atoms with Crippen molar-refractivity contribution < 1.29 is 12.6 Å². The molecule has 0 aromatic carbocycles. The molecule has 1 heterocycles. The van der Waals surface area contributed by atoms with Crippen LogP contribution in [0.2, 0.25) is 0 Å². The maximum Gasteiger partial charge on any atom is 0.306 e. The van der Waals surface area contributed by atoms with Gasteiger partial charge in [0.15, 0.2) is 11.4 Å². The number of nitriles is 2. The van der Waals surface area contributed by atoms with Gasteiger partial charge in [-0.3, -0.25) is 0 Å². The van der Waals surface area contributed by atoms with Crippen LogP contribution >= 0.6 is 0 Å². The Kier molecular flexibility index (Phi) is 2.88. The molecule has 0 N–H and O–H groups in total. The second-order valence-electron chi connectivity index (χ2n) is 2.55. The molecular weight excluding hydrogens is 218 g/mol. The summed E-state index contributed by atoms with van der Waals surface area (Å²) in [5.74, 6) is -0.181. The molecule has 15 heavy (non-hydrogen) atoms. The van der Waals surface area contributed by atoms with Crippen molar-refractivity contribution in [2.45, 2.75) is 0 Å². The second kappa shape index (κ2) is 3.95. The van der Waals surface area contributed by atoms with Gasteiger partial charge in [0.25, 0.3) is 0 Å². The first-order chi connectivity index (χ1) is 6.96. The Balaban J connectivity index is 3.23.